The maximum Gasteiger partial charge on any atom is 0.252 e. The minimum atomic E-state index is -3.80. The van der Waals surface area contributed by atoms with Crippen molar-refractivity contribution in [2.24, 2.45) is 10.1 Å². The molecule has 3 rings (SSSR count). The van der Waals surface area contributed by atoms with Gasteiger partial charge < -0.3 is 4.57 Å². The van der Waals surface area contributed by atoms with Gasteiger partial charge in [0.15, 0.2) is 4.80 Å². The Labute approximate surface area is 161 Å². The second-order valence-electron chi connectivity index (χ2n) is 6.13. The van der Waals surface area contributed by atoms with Gasteiger partial charge in [-0.1, -0.05) is 47.2 Å². The van der Waals surface area contributed by atoms with Crippen LogP contribution in [0.15, 0.2) is 65.0 Å². The average Bonchev–Trinajstić information content (AvgIpc) is 2.93. The number of hydrogen-bond donors (Lipinski definition) is 1. The third-order valence-corrected chi connectivity index (χ3v) is 5.94. The maximum absolute atomic E-state index is 12.4. The summed E-state index contributed by atoms with van der Waals surface area (Å²) in [5.74, 6) is -0.269. The normalized spacial score (nSPS) is 12.4. The van der Waals surface area contributed by atoms with Crippen LogP contribution < -0.4 is 9.94 Å². The summed E-state index contributed by atoms with van der Waals surface area (Å²) < 4.78 is 25.7. The van der Waals surface area contributed by atoms with Crippen molar-refractivity contribution < 1.29 is 13.2 Å². The summed E-state index contributed by atoms with van der Waals surface area (Å²) in [6, 6.07) is 12.3. The number of fused-ring (bicyclic) bond motifs is 1. The Kier molecular flexibility index (Phi) is 5.41. The van der Waals surface area contributed by atoms with E-state index in [0.29, 0.717) is 16.0 Å². The molecule has 1 heterocycles. The fourth-order valence-electron chi connectivity index (χ4n) is 2.65. The van der Waals surface area contributed by atoms with Crippen molar-refractivity contribution in [3.05, 3.63) is 71.0 Å². The molecule has 0 saturated heterocycles. The van der Waals surface area contributed by atoms with Crippen LogP contribution in [0.3, 0.4) is 0 Å². The Morgan fingerprint density at radius 2 is 1.96 bits per heavy atom. The molecule has 1 aromatic heterocycles. The molecule has 1 amide bonds. The topological polar surface area (TPSA) is 94.5 Å². The predicted molar refractivity (Wildman–Crippen MR) is 107 cm³/mol. The molecule has 0 bridgehead atoms. The standard InChI is InChI=1S/C19H19N3O3S2/c1-3-10-22-16-9-8-15(27(20,24)25)12-17(16)26-19(22)21-18(23)11-14-6-4-13(2)5-7-14/h3-9,12H,1,10-11H2,2H3,(H2,20,24,25). The number of hydrogen-bond acceptors (Lipinski definition) is 4. The van der Waals surface area contributed by atoms with Crippen molar-refractivity contribution in [2.45, 2.75) is 24.8 Å². The molecule has 140 valence electrons. The summed E-state index contributed by atoms with van der Waals surface area (Å²) in [5.41, 5.74) is 2.79. The first-order valence-corrected chi connectivity index (χ1v) is 10.5. The highest BCUT2D eigenvalue weighted by Gasteiger charge is 2.13. The lowest BCUT2D eigenvalue weighted by molar-refractivity contribution is -0.117. The van der Waals surface area contributed by atoms with Gasteiger partial charge in [0.1, 0.15) is 0 Å². The second kappa shape index (κ2) is 7.59. The first-order valence-electron chi connectivity index (χ1n) is 8.18. The Hall–Kier alpha value is -2.55. The number of aromatic nitrogens is 1. The van der Waals surface area contributed by atoms with Crippen LogP contribution in [0, 0.1) is 6.92 Å². The molecule has 2 N–H and O–H groups in total. The van der Waals surface area contributed by atoms with E-state index in [1.165, 1.54) is 23.5 Å². The molecule has 0 unspecified atom stereocenters. The number of carbonyl (C=O) groups is 1. The number of sulfonamides is 1. The number of primary sulfonamides is 1. The number of rotatable bonds is 5. The van der Waals surface area contributed by atoms with Crippen LogP contribution >= 0.6 is 11.3 Å². The number of thiazole rings is 1. The van der Waals surface area contributed by atoms with Gasteiger partial charge in [0.2, 0.25) is 10.0 Å². The maximum atomic E-state index is 12.4. The largest absolute Gasteiger partial charge is 0.313 e. The van der Waals surface area contributed by atoms with E-state index < -0.39 is 10.0 Å². The van der Waals surface area contributed by atoms with E-state index in [4.69, 9.17) is 5.14 Å². The molecule has 0 radical (unpaired) electrons. The zero-order chi connectivity index (χ0) is 19.6. The van der Waals surface area contributed by atoms with Crippen LogP contribution in [0.25, 0.3) is 10.2 Å². The molecule has 0 saturated carbocycles. The lowest BCUT2D eigenvalue weighted by Gasteiger charge is -2.02. The number of allylic oxidation sites excluding steroid dienone is 1. The van der Waals surface area contributed by atoms with Crippen molar-refractivity contribution in [2.75, 3.05) is 0 Å². The second-order valence-corrected chi connectivity index (χ2v) is 8.70. The van der Waals surface area contributed by atoms with Crippen LogP contribution in [0.5, 0.6) is 0 Å². The van der Waals surface area contributed by atoms with Crippen LogP contribution in [0.2, 0.25) is 0 Å². The van der Waals surface area contributed by atoms with Gasteiger partial charge in [-0.3, -0.25) is 4.79 Å². The molecule has 3 aromatic rings. The predicted octanol–water partition coefficient (Wildman–Crippen LogP) is 2.51. The van der Waals surface area contributed by atoms with Crippen molar-refractivity contribution in [1.82, 2.24) is 4.57 Å². The third kappa shape index (κ3) is 4.41. The lowest BCUT2D eigenvalue weighted by Crippen LogP contribution is -2.17. The smallest absolute Gasteiger partial charge is 0.252 e. The van der Waals surface area contributed by atoms with Gasteiger partial charge in [0.05, 0.1) is 21.5 Å². The van der Waals surface area contributed by atoms with E-state index in [-0.39, 0.29) is 17.2 Å². The fraction of sp³-hybridized carbons (Fsp3) is 0.158. The van der Waals surface area contributed by atoms with E-state index >= 15 is 0 Å². The molecule has 27 heavy (non-hydrogen) atoms. The molecule has 0 fully saturated rings. The Balaban J connectivity index is 2.04. The number of nitrogens with zero attached hydrogens (tertiary/aromatic N) is 2. The molecule has 0 atom stereocenters. The van der Waals surface area contributed by atoms with Gasteiger partial charge in [-0.25, -0.2) is 13.6 Å². The quantitative estimate of drug-likeness (QED) is 0.666. The van der Waals surface area contributed by atoms with Gasteiger partial charge in [0.25, 0.3) is 5.91 Å². The highest BCUT2D eigenvalue weighted by Crippen LogP contribution is 2.21. The Morgan fingerprint density at radius 3 is 2.59 bits per heavy atom. The van der Waals surface area contributed by atoms with Crippen molar-refractivity contribution >= 4 is 37.5 Å². The number of carbonyl (C=O) groups excluding carboxylic acids is 1. The first-order chi connectivity index (χ1) is 12.8. The highest BCUT2D eigenvalue weighted by molar-refractivity contribution is 7.89. The van der Waals surface area contributed by atoms with Gasteiger partial charge in [-0.05, 0) is 30.7 Å². The summed E-state index contributed by atoms with van der Waals surface area (Å²) >= 11 is 1.24. The zero-order valence-electron chi connectivity index (χ0n) is 14.8. The third-order valence-electron chi connectivity index (χ3n) is 3.99. The van der Waals surface area contributed by atoms with Gasteiger partial charge in [0, 0.05) is 6.54 Å². The van der Waals surface area contributed by atoms with Crippen LogP contribution in [-0.4, -0.2) is 18.9 Å². The van der Waals surface area contributed by atoms with Gasteiger partial charge in [-0.2, -0.15) is 4.99 Å². The first kappa shape index (κ1) is 19.2. The lowest BCUT2D eigenvalue weighted by atomic mass is 10.1. The van der Waals surface area contributed by atoms with E-state index in [2.05, 4.69) is 11.6 Å². The minimum absolute atomic E-state index is 0.0273. The molecular formula is C19H19N3O3S2. The summed E-state index contributed by atoms with van der Waals surface area (Å²) in [4.78, 5) is 17.2. The van der Waals surface area contributed by atoms with Crippen LogP contribution in [0.1, 0.15) is 11.1 Å². The van der Waals surface area contributed by atoms with Crippen molar-refractivity contribution in [3.63, 3.8) is 0 Å². The van der Waals surface area contributed by atoms with E-state index in [1.807, 2.05) is 35.8 Å². The highest BCUT2D eigenvalue weighted by atomic mass is 32.2. The number of amides is 1. The molecule has 6 nitrogen and oxygen atoms in total. The van der Waals surface area contributed by atoms with Crippen LogP contribution in [-0.2, 0) is 27.8 Å². The van der Waals surface area contributed by atoms with E-state index in [1.54, 1.807) is 12.1 Å². The van der Waals surface area contributed by atoms with E-state index in [9.17, 15) is 13.2 Å². The molecule has 0 aliphatic carbocycles. The SMILES string of the molecule is C=CCn1c(=NC(=O)Cc2ccc(C)cc2)sc2cc(S(N)(=O)=O)ccc21. The molecule has 0 spiro atoms. The number of benzene rings is 2. The average molecular weight is 402 g/mol. The Bertz CT molecular complexity index is 1190. The van der Waals surface area contributed by atoms with Gasteiger partial charge in [-0.15, -0.1) is 6.58 Å². The summed E-state index contributed by atoms with van der Waals surface area (Å²) in [5, 5.41) is 5.20. The zero-order valence-corrected chi connectivity index (χ0v) is 16.4. The number of nitrogens with two attached hydrogens (primary N) is 1. The molecular weight excluding hydrogens is 382 g/mol. The summed E-state index contributed by atoms with van der Waals surface area (Å²) in [6.45, 7) is 6.17. The van der Waals surface area contributed by atoms with Crippen molar-refractivity contribution in [1.29, 1.82) is 0 Å². The Morgan fingerprint density at radius 1 is 1.26 bits per heavy atom. The fourth-order valence-corrected chi connectivity index (χ4v) is 4.36. The molecule has 2 aromatic carbocycles. The minimum Gasteiger partial charge on any atom is -0.313 e. The van der Waals surface area contributed by atoms with Crippen molar-refractivity contribution in [3.8, 4) is 0 Å². The van der Waals surface area contributed by atoms with E-state index in [0.717, 1.165) is 16.6 Å². The monoisotopic (exact) mass is 401 g/mol. The summed E-state index contributed by atoms with van der Waals surface area (Å²) in [6.07, 6.45) is 1.90. The summed E-state index contributed by atoms with van der Waals surface area (Å²) in [7, 11) is -3.80. The van der Waals surface area contributed by atoms with Gasteiger partial charge >= 0.3 is 0 Å². The molecule has 8 heteroatoms. The molecule has 0 aliphatic heterocycles. The number of aryl methyl sites for hydroxylation is 1. The molecule has 0 aliphatic rings. The van der Waals surface area contributed by atoms with Crippen LogP contribution in [0.4, 0.5) is 0 Å².